The normalized spacial score (nSPS) is 8.36. The summed E-state index contributed by atoms with van der Waals surface area (Å²) < 4.78 is 0. The van der Waals surface area contributed by atoms with Crippen LogP contribution in [0.5, 0.6) is 0 Å². The van der Waals surface area contributed by atoms with E-state index in [9.17, 15) is 0 Å². The minimum absolute atomic E-state index is 1.03. The molecule has 0 N–H and O–H groups in total. The highest BCUT2D eigenvalue weighted by Gasteiger charge is 1.87. The molecule has 1 nitrogen and oxygen atoms in total. The van der Waals surface area contributed by atoms with E-state index in [1.807, 2.05) is 39.0 Å². The second-order valence-corrected chi connectivity index (χ2v) is 2.12. The molecule has 1 aromatic heterocycles. The summed E-state index contributed by atoms with van der Waals surface area (Å²) in [5.41, 5.74) is 2.28. The summed E-state index contributed by atoms with van der Waals surface area (Å²) in [5, 5.41) is 0. The van der Waals surface area contributed by atoms with Crippen LogP contribution < -0.4 is 0 Å². The molecular weight excluding hydrogens is 134 g/mol. The van der Waals surface area contributed by atoms with Gasteiger partial charge in [-0.25, -0.2) is 0 Å². The second-order valence-electron chi connectivity index (χ2n) is 2.12. The average Bonchev–Trinajstić information content (AvgIpc) is 2.08. The molecule has 1 heterocycles. The van der Waals surface area contributed by atoms with Gasteiger partial charge in [0.2, 0.25) is 0 Å². The van der Waals surface area contributed by atoms with Gasteiger partial charge in [-0.15, -0.1) is 0 Å². The molecule has 11 heavy (non-hydrogen) atoms. The molecule has 0 atom stereocenters. The maximum absolute atomic E-state index is 4.29. The van der Waals surface area contributed by atoms with Crippen molar-refractivity contribution in [3.05, 3.63) is 29.6 Å². The molecule has 0 saturated carbocycles. The summed E-state index contributed by atoms with van der Waals surface area (Å²) in [5.74, 6) is 0. The van der Waals surface area contributed by atoms with Gasteiger partial charge in [0.15, 0.2) is 0 Å². The Kier molecular flexibility index (Phi) is 5.44. The number of pyridine rings is 1. The minimum Gasteiger partial charge on any atom is -0.258 e. The number of nitrogens with zero attached hydrogens (tertiary/aromatic N) is 1. The zero-order chi connectivity index (χ0) is 8.69. The molecule has 1 aromatic rings. The van der Waals surface area contributed by atoms with Crippen LogP contribution >= 0.6 is 0 Å². The molecule has 0 amide bonds. The number of hydrogen-bond acceptors (Lipinski definition) is 1. The van der Waals surface area contributed by atoms with Gasteiger partial charge in [-0.2, -0.15) is 0 Å². The lowest BCUT2D eigenvalue weighted by Crippen LogP contribution is -1.87. The van der Waals surface area contributed by atoms with Crippen LogP contribution in [0.1, 0.15) is 32.2 Å². The second kappa shape index (κ2) is 5.90. The predicted octanol–water partition coefficient (Wildman–Crippen LogP) is 2.98. The van der Waals surface area contributed by atoms with E-state index in [-0.39, 0.29) is 0 Å². The molecule has 0 aliphatic heterocycles. The Morgan fingerprint density at radius 3 is 2.27 bits per heavy atom. The Balaban J connectivity index is 0.000000461. The van der Waals surface area contributed by atoms with Crippen molar-refractivity contribution in [3.8, 4) is 0 Å². The van der Waals surface area contributed by atoms with Crippen molar-refractivity contribution in [2.75, 3.05) is 0 Å². The largest absolute Gasteiger partial charge is 0.258 e. The summed E-state index contributed by atoms with van der Waals surface area (Å²) in [7, 11) is 0. The molecule has 0 saturated heterocycles. The van der Waals surface area contributed by atoms with E-state index in [2.05, 4.69) is 11.9 Å². The summed E-state index contributed by atoms with van der Waals surface area (Å²) >= 11 is 0. The molecule has 1 heteroatoms. The Hall–Kier alpha value is -0.850. The van der Waals surface area contributed by atoms with Crippen LogP contribution in [0.4, 0.5) is 0 Å². The summed E-state index contributed by atoms with van der Waals surface area (Å²) in [6.07, 6.45) is 1.03. The highest BCUT2D eigenvalue weighted by Crippen LogP contribution is 1.97. The van der Waals surface area contributed by atoms with Gasteiger partial charge < -0.3 is 0 Å². The monoisotopic (exact) mass is 151 g/mol. The number of aromatic nitrogens is 1. The molecule has 0 bridgehead atoms. The topological polar surface area (TPSA) is 12.9 Å². The molecular formula is C10H17N. The lowest BCUT2D eigenvalue weighted by molar-refractivity contribution is 1.01. The zero-order valence-corrected chi connectivity index (χ0v) is 7.89. The highest BCUT2D eigenvalue weighted by molar-refractivity contribution is 5.09. The maximum Gasteiger partial charge on any atom is 0.0404 e. The van der Waals surface area contributed by atoms with Crippen LogP contribution in [0.15, 0.2) is 18.2 Å². The molecule has 1 rings (SSSR count). The van der Waals surface area contributed by atoms with E-state index in [0.717, 1.165) is 12.1 Å². The first kappa shape index (κ1) is 10.2. The third-order valence-corrected chi connectivity index (χ3v) is 1.31. The lowest BCUT2D eigenvalue weighted by Gasteiger charge is -1.94. The average molecular weight is 151 g/mol. The molecule has 62 valence electrons. The highest BCUT2D eigenvalue weighted by atomic mass is 14.7. The van der Waals surface area contributed by atoms with E-state index in [1.54, 1.807) is 0 Å². The van der Waals surface area contributed by atoms with Crippen molar-refractivity contribution in [3.63, 3.8) is 0 Å². The number of hydrogen-bond donors (Lipinski definition) is 0. The van der Waals surface area contributed by atoms with Crippen molar-refractivity contribution in [2.45, 2.75) is 34.1 Å². The summed E-state index contributed by atoms with van der Waals surface area (Å²) in [6.45, 7) is 8.13. The van der Waals surface area contributed by atoms with Crippen LogP contribution in [-0.2, 0) is 6.42 Å². The van der Waals surface area contributed by atoms with Crippen LogP contribution in [-0.4, -0.2) is 4.98 Å². The van der Waals surface area contributed by atoms with Crippen LogP contribution in [0.3, 0.4) is 0 Å². The molecule has 0 spiro atoms. The quantitative estimate of drug-likeness (QED) is 0.601. The Bertz CT molecular complexity index is 194. The first-order chi connectivity index (χ1) is 5.33. The maximum atomic E-state index is 4.29. The molecule has 0 aliphatic carbocycles. The first-order valence-corrected chi connectivity index (χ1v) is 4.25. The third-order valence-electron chi connectivity index (χ3n) is 1.31. The van der Waals surface area contributed by atoms with Crippen molar-refractivity contribution >= 4 is 0 Å². The number of rotatable bonds is 1. The molecule has 0 unspecified atom stereocenters. The van der Waals surface area contributed by atoms with Crippen LogP contribution in [0.25, 0.3) is 0 Å². The van der Waals surface area contributed by atoms with Gasteiger partial charge in [0, 0.05) is 11.4 Å². The molecule has 0 fully saturated rings. The fourth-order valence-corrected chi connectivity index (χ4v) is 0.796. The van der Waals surface area contributed by atoms with Gasteiger partial charge in [-0.3, -0.25) is 4.98 Å². The fourth-order valence-electron chi connectivity index (χ4n) is 0.796. The Morgan fingerprint density at radius 1 is 1.27 bits per heavy atom. The van der Waals surface area contributed by atoms with Crippen LogP contribution in [0.2, 0.25) is 0 Å². The van der Waals surface area contributed by atoms with Crippen molar-refractivity contribution in [2.24, 2.45) is 0 Å². The van der Waals surface area contributed by atoms with Crippen LogP contribution in [0, 0.1) is 6.92 Å². The van der Waals surface area contributed by atoms with Crippen molar-refractivity contribution < 1.29 is 0 Å². The Morgan fingerprint density at radius 2 is 1.91 bits per heavy atom. The predicted molar refractivity (Wildman–Crippen MR) is 49.7 cm³/mol. The third kappa shape index (κ3) is 3.76. The Labute approximate surface area is 69.5 Å². The van der Waals surface area contributed by atoms with Gasteiger partial charge in [0.1, 0.15) is 0 Å². The van der Waals surface area contributed by atoms with E-state index >= 15 is 0 Å². The van der Waals surface area contributed by atoms with Gasteiger partial charge in [-0.1, -0.05) is 26.8 Å². The summed E-state index contributed by atoms with van der Waals surface area (Å²) in [4.78, 5) is 4.29. The molecule has 0 aromatic carbocycles. The summed E-state index contributed by atoms with van der Waals surface area (Å²) in [6, 6.07) is 6.10. The smallest absolute Gasteiger partial charge is 0.0404 e. The van der Waals surface area contributed by atoms with Crippen molar-refractivity contribution in [1.82, 2.24) is 4.98 Å². The first-order valence-electron chi connectivity index (χ1n) is 4.25. The van der Waals surface area contributed by atoms with E-state index in [1.165, 1.54) is 5.69 Å². The van der Waals surface area contributed by atoms with E-state index in [4.69, 9.17) is 0 Å². The standard InChI is InChI=1S/C8H11N.C2H6/c1-3-8-6-4-5-7(2)9-8;1-2/h4-6H,3H2,1-2H3;1-2H3. The van der Waals surface area contributed by atoms with Gasteiger partial charge in [0.25, 0.3) is 0 Å². The van der Waals surface area contributed by atoms with Gasteiger partial charge in [-0.05, 0) is 25.5 Å². The fraction of sp³-hybridized carbons (Fsp3) is 0.500. The molecule has 0 aliphatic rings. The number of aryl methyl sites for hydroxylation is 2. The lowest BCUT2D eigenvalue weighted by atomic mass is 10.3. The van der Waals surface area contributed by atoms with Gasteiger partial charge >= 0.3 is 0 Å². The zero-order valence-electron chi connectivity index (χ0n) is 7.89. The van der Waals surface area contributed by atoms with Crippen molar-refractivity contribution in [1.29, 1.82) is 0 Å². The SMILES string of the molecule is CC.CCc1cccc(C)n1. The van der Waals surface area contributed by atoms with Gasteiger partial charge in [0.05, 0.1) is 0 Å². The minimum atomic E-state index is 1.03. The van der Waals surface area contributed by atoms with E-state index < -0.39 is 0 Å². The molecule has 0 radical (unpaired) electrons. The van der Waals surface area contributed by atoms with E-state index in [0.29, 0.717) is 0 Å².